The zero-order valence-electron chi connectivity index (χ0n) is 18.0. The summed E-state index contributed by atoms with van der Waals surface area (Å²) >= 11 is 1.32. The second kappa shape index (κ2) is 10.8. The molecule has 0 radical (unpaired) electrons. The van der Waals surface area contributed by atoms with Crippen LogP contribution in [0.25, 0.3) is 0 Å². The molecular weight excluding hydrogens is 410 g/mol. The van der Waals surface area contributed by atoms with Gasteiger partial charge in [-0.25, -0.2) is 0 Å². The molecule has 7 nitrogen and oxygen atoms in total. The molecule has 0 aliphatic heterocycles. The third-order valence-electron chi connectivity index (χ3n) is 4.75. The first-order valence-electron chi connectivity index (χ1n) is 10.2. The molecule has 0 spiro atoms. The maximum absolute atomic E-state index is 12.4. The molecule has 2 aromatic carbocycles. The SMILES string of the molecule is CC(C)c1ccccc1NC(=O)CSc1nnc(CCC(=O)Nc2ccccc2)n1C. The van der Waals surface area contributed by atoms with E-state index in [1.165, 1.54) is 11.8 Å². The van der Waals surface area contributed by atoms with Crippen LogP contribution in [-0.2, 0) is 23.1 Å². The zero-order chi connectivity index (χ0) is 22.2. The Labute approximate surface area is 186 Å². The molecule has 0 saturated heterocycles. The topological polar surface area (TPSA) is 88.9 Å². The van der Waals surface area contributed by atoms with Crippen molar-refractivity contribution in [3.05, 3.63) is 66.0 Å². The Morgan fingerprint density at radius 3 is 2.42 bits per heavy atom. The lowest BCUT2D eigenvalue weighted by molar-refractivity contribution is -0.116. The van der Waals surface area contributed by atoms with Gasteiger partial charge in [-0.3, -0.25) is 9.59 Å². The summed E-state index contributed by atoms with van der Waals surface area (Å²) in [4.78, 5) is 24.6. The van der Waals surface area contributed by atoms with E-state index in [1.807, 2.05) is 66.2 Å². The van der Waals surface area contributed by atoms with Gasteiger partial charge in [0.1, 0.15) is 5.82 Å². The molecule has 3 aromatic rings. The zero-order valence-corrected chi connectivity index (χ0v) is 18.8. The molecule has 2 N–H and O–H groups in total. The Balaban J connectivity index is 1.50. The Morgan fingerprint density at radius 2 is 1.68 bits per heavy atom. The second-order valence-corrected chi connectivity index (χ2v) is 8.39. The summed E-state index contributed by atoms with van der Waals surface area (Å²) in [6.45, 7) is 4.20. The lowest BCUT2D eigenvalue weighted by Crippen LogP contribution is -2.16. The number of hydrogen-bond donors (Lipinski definition) is 2. The molecule has 31 heavy (non-hydrogen) atoms. The minimum Gasteiger partial charge on any atom is -0.326 e. The summed E-state index contributed by atoms with van der Waals surface area (Å²) in [6.07, 6.45) is 0.773. The van der Waals surface area contributed by atoms with E-state index >= 15 is 0 Å². The molecule has 0 fully saturated rings. The Bertz CT molecular complexity index is 1030. The number of anilines is 2. The highest BCUT2D eigenvalue weighted by Gasteiger charge is 2.14. The lowest BCUT2D eigenvalue weighted by Gasteiger charge is -2.13. The van der Waals surface area contributed by atoms with Gasteiger partial charge in [-0.05, 0) is 29.7 Å². The van der Waals surface area contributed by atoms with E-state index < -0.39 is 0 Å². The Hall–Kier alpha value is -3.13. The van der Waals surface area contributed by atoms with Crippen molar-refractivity contribution in [1.29, 1.82) is 0 Å². The van der Waals surface area contributed by atoms with Crippen LogP contribution >= 0.6 is 11.8 Å². The van der Waals surface area contributed by atoms with E-state index in [4.69, 9.17) is 0 Å². The number of amides is 2. The van der Waals surface area contributed by atoms with Gasteiger partial charge in [-0.15, -0.1) is 10.2 Å². The molecule has 0 atom stereocenters. The predicted molar refractivity (Wildman–Crippen MR) is 124 cm³/mol. The predicted octanol–water partition coefficient (Wildman–Crippen LogP) is 4.24. The molecule has 162 valence electrons. The number of aryl methyl sites for hydroxylation is 1. The molecule has 1 aromatic heterocycles. The second-order valence-electron chi connectivity index (χ2n) is 7.45. The first-order chi connectivity index (χ1) is 14.9. The standard InChI is InChI=1S/C23H27N5O2S/c1-16(2)18-11-7-8-12-19(18)25-22(30)15-31-23-27-26-20(28(23)3)13-14-21(29)24-17-9-5-4-6-10-17/h4-12,16H,13-15H2,1-3H3,(H,24,29)(H,25,30). The van der Waals surface area contributed by atoms with Crippen LogP contribution in [0.4, 0.5) is 11.4 Å². The fraction of sp³-hybridized carbons (Fsp3) is 0.304. The van der Waals surface area contributed by atoms with Crippen LogP contribution in [0.5, 0.6) is 0 Å². The molecule has 1 heterocycles. The van der Waals surface area contributed by atoms with Crippen LogP contribution < -0.4 is 10.6 Å². The van der Waals surface area contributed by atoms with Crippen molar-refractivity contribution in [2.45, 2.75) is 37.8 Å². The highest BCUT2D eigenvalue weighted by atomic mass is 32.2. The van der Waals surface area contributed by atoms with Gasteiger partial charge in [0.25, 0.3) is 0 Å². The van der Waals surface area contributed by atoms with Crippen LogP contribution in [0.15, 0.2) is 59.8 Å². The maximum atomic E-state index is 12.4. The quantitative estimate of drug-likeness (QED) is 0.489. The van der Waals surface area contributed by atoms with E-state index in [-0.39, 0.29) is 17.6 Å². The number of carbonyl (C=O) groups excluding carboxylic acids is 2. The molecule has 3 rings (SSSR count). The van der Waals surface area contributed by atoms with E-state index in [0.717, 1.165) is 16.9 Å². The molecular formula is C23H27N5O2S. The molecule has 0 unspecified atom stereocenters. The van der Waals surface area contributed by atoms with E-state index in [0.29, 0.717) is 29.7 Å². The number of benzene rings is 2. The third-order valence-corrected chi connectivity index (χ3v) is 5.77. The van der Waals surface area contributed by atoms with Crippen molar-refractivity contribution in [3.63, 3.8) is 0 Å². The number of hydrogen-bond acceptors (Lipinski definition) is 5. The Morgan fingerprint density at radius 1 is 0.968 bits per heavy atom. The van der Waals surface area contributed by atoms with Crippen LogP contribution in [0.3, 0.4) is 0 Å². The molecule has 0 aliphatic rings. The van der Waals surface area contributed by atoms with Crippen LogP contribution in [0.1, 0.15) is 37.6 Å². The average molecular weight is 438 g/mol. The van der Waals surface area contributed by atoms with Gasteiger partial charge in [0, 0.05) is 31.3 Å². The van der Waals surface area contributed by atoms with E-state index in [2.05, 4.69) is 34.7 Å². The maximum Gasteiger partial charge on any atom is 0.234 e. The number of carbonyl (C=O) groups is 2. The van der Waals surface area contributed by atoms with Crippen molar-refractivity contribution in [1.82, 2.24) is 14.8 Å². The van der Waals surface area contributed by atoms with Gasteiger partial charge >= 0.3 is 0 Å². The van der Waals surface area contributed by atoms with Gasteiger partial charge < -0.3 is 15.2 Å². The first kappa shape index (κ1) is 22.6. The summed E-state index contributed by atoms with van der Waals surface area (Å²) < 4.78 is 1.83. The highest BCUT2D eigenvalue weighted by Crippen LogP contribution is 2.24. The van der Waals surface area contributed by atoms with Crippen LogP contribution in [0, 0.1) is 0 Å². The van der Waals surface area contributed by atoms with Gasteiger partial charge in [-0.2, -0.15) is 0 Å². The minimum absolute atomic E-state index is 0.0772. The van der Waals surface area contributed by atoms with Crippen molar-refractivity contribution in [2.24, 2.45) is 7.05 Å². The molecule has 2 amide bonds. The van der Waals surface area contributed by atoms with Crippen molar-refractivity contribution in [2.75, 3.05) is 16.4 Å². The number of thioether (sulfide) groups is 1. The summed E-state index contributed by atoms with van der Waals surface area (Å²) in [5.41, 5.74) is 2.72. The van der Waals surface area contributed by atoms with E-state index in [9.17, 15) is 9.59 Å². The summed E-state index contributed by atoms with van der Waals surface area (Å²) in [7, 11) is 1.85. The smallest absolute Gasteiger partial charge is 0.234 e. The first-order valence-corrected chi connectivity index (χ1v) is 11.2. The van der Waals surface area contributed by atoms with Crippen molar-refractivity contribution in [3.8, 4) is 0 Å². The average Bonchev–Trinajstić information content (AvgIpc) is 3.11. The van der Waals surface area contributed by atoms with Gasteiger partial charge in [0.15, 0.2) is 5.16 Å². The summed E-state index contributed by atoms with van der Waals surface area (Å²) in [5, 5.41) is 14.8. The van der Waals surface area contributed by atoms with E-state index in [1.54, 1.807) is 0 Å². The molecule has 0 saturated carbocycles. The fourth-order valence-electron chi connectivity index (χ4n) is 3.09. The van der Waals surface area contributed by atoms with Crippen molar-refractivity contribution < 1.29 is 9.59 Å². The monoisotopic (exact) mass is 437 g/mol. The highest BCUT2D eigenvalue weighted by molar-refractivity contribution is 7.99. The number of aromatic nitrogens is 3. The molecule has 0 aliphatic carbocycles. The summed E-state index contributed by atoms with van der Waals surface area (Å²) in [6, 6.07) is 17.2. The third kappa shape index (κ3) is 6.42. The van der Waals surface area contributed by atoms with Crippen LogP contribution in [-0.4, -0.2) is 32.3 Å². The minimum atomic E-state index is -0.0927. The largest absolute Gasteiger partial charge is 0.326 e. The molecule has 0 bridgehead atoms. The van der Waals surface area contributed by atoms with Gasteiger partial charge in [-0.1, -0.05) is 62.0 Å². The molecule has 8 heteroatoms. The van der Waals surface area contributed by atoms with Crippen LogP contribution in [0.2, 0.25) is 0 Å². The number of rotatable bonds is 9. The Kier molecular flexibility index (Phi) is 7.83. The van der Waals surface area contributed by atoms with Gasteiger partial charge in [0.05, 0.1) is 5.75 Å². The van der Waals surface area contributed by atoms with Crippen molar-refractivity contribution >= 4 is 35.0 Å². The number of para-hydroxylation sites is 2. The summed E-state index contributed by atoms with van der Waals surface area (Å²) in [5.74, 6) is 1.09. The fourth-order valence-corrected chi connectivity index (χ4v) is 3.82. The van der Waals surface area contributed by atoms with Gasteiger partial charge in [0.2, 0.25) is 11.8 Å². The lowest BCUT2D eigenvalue weighted by atomic mass is 10.0. The number of nitrogens with zero attached hydrogens (tertiary/aromatic N) is 3. The number of nitrogens with one attached hydrogen (secondary N) is 2. The normalized spacial score (nSPS) is 10.8.